The Morgan fingerprint density at radius 2 is 1.74 bits per heavy atom. The molecular weight excluding hydrogens is 512 g/mol. The first-order valence-corrected chi connectivity index (χ1v) is 11.8. The van der Waals surface area contributed by atoms with E-state index in [9.17, 15) is 9.18 Å². The van der Waals surface area contributed by atoms with Crippen LogP contribution in [0.2, 0.25) is 15.1 Å². The van der Waals surface area contributed by atoms with Gasteiger partial charge in [-0.3, -0.25) is 9.48 Å². The van der Waals surface area contributed by atoms with Crippen LogP contribution in [0.3, 0.4) is 0 Å². The van der Waals surface area contributed by atoms with Crippen molar-refractivity contribution in [3.8, 4) is 5.75 Å². The van der Waals surface area contributed by atoms with Gasteiger partial charge in [0, 0.05) is 16.1 Å². The number of anilines is 1. The molecule has 180 valence electrons. The van der Waals surface area contributed by atoms with Crippen LogP contribution in [0.4, 0.5) is 10.1 Å². The van der Waals surface area contributed by atoms with Gasteiger partial charge in [-0.2, -0.15) is 5.10 Å². The Morgan fingerprint density at radius 1 is 1.03 bits per heavy atom. The summed E-state index contributed by atoms with van der Waals surface area (Å²) in [5.41, 5.74) is 3.43. The summed E-state index contributed by atoms with van der Waals surface area (Å²) < 4.78 is 21.6. The van der Waals surface area contributed by atoms with Crippen LogP contribution in [0.25, 0.3) is 0 Å². The molecule has 0 saturated carbocycles. The van der Waals surface area contributed by atoms with Crippen LogP contribution in [-0.4, -0.2) is 15.7 Å². The third kappa shape index (κ3) is 5.61. The molecule has 0 unspecified atom stereocenters. The number of hydrogen-bond donors (Lipinski definition) is 1. The normalized spacial score (nSPS) is 10.9. The molecule has 1 N–H and O–H groups in total. The van der Waals surface area contributed by atoms with Crippen LogP contribution >= 0.6 is 34.8 Å². The van der Waals surface area contributed by atoms with Gasteiger partial charge in [0.2, 0.25) is 0 Å². The van der Waals surface area contributed by atoms with E-state index in [0.29, 0.717) is 49.0 Å². The predicted molar refractivity (Wildman–Crippen MR) is 137 cm³/mol. The first-order chi connectivity index (χ1) is 16.7. The third-order valence-corrected chi connectivity index (χ3v) is 6.64. The molecular formula is C26H21Cl3FN3O2. The monoisotopic (exact) mass is 531 g/mol. The number of halogens is 4. The smallest absolute Gasteiger partial charge is 0.255 e. The maximum absolute atomic E-state index is 14.2. The van der Waals surface area contributed by atoms with Crippen LogP contribution in [0.1, 0.15) is 32.9 Å². The van der Waals surface area contributed by atoms with Crippen molar-refractivity contribution in [1.29, 1.82) is 0 Å². The van der Waals surface area contributed by atoms with E-state index in [1.54, 1.807) is 60.1 Å². The lowest BCUT2D eigenvalue weighted by molar-refractivity contribution is 0.102. The Labute approximate surface area is 217 Å². The number of nitrogens with zero attached hydrogens (tertiary/aromatic N) is 2. The molecule has 9 heteroatoms. The Bertz CT molecular complexity index is 1380. The van der Waals surface area contributed by atoms with Crippen LogP contribution < -0.4 is 10.1 Å². The number of hydrogen-bond acceptors (Lipinski definition) is 3. The van der Waals surface area contributed by atoms with Crippen molar-refractivity contribution in [3.63, 3.8) is 0 Å². The molecule has 0 fully saturated rings. The average Bonchev–Trinajstić information content (AvgIpc) is 3.10. The first-order valence-electron chi connectivity index (χ1n) is 10.7. The van der Waals surface area contributed by atoms with Crippen molar-refractivity contribution in [3.05, 3.63) is 110 Å². The molecule has 5 nitrogen and oxygen atoms in total. The summed E-state index contributed by atoms with van der Waals surface area (Å²) in [6, 6.07) is 16.8. The van der Waals surface area contributed by atoms with Gasteiger partial charge in [-0.25, -0.2) is 4.39 Å². The summed E-state index contributed by atoms with van der Waals surface area (Å²) in [5, 5.41) is 8.44. The van der Waals surface area contributed by atoms with Crippen LogP contribution in [-0.2, 0) is 13.2 Å². The molecule has 1 aromatic heterocycles. The van der Waals surface area contributed by atoms with E-state index < -0.39 is 5.82 Å². The van der Waals surface area contributed by atoms with E-state index in [-0.39, 0.29) is 19.1 Å². The second-order valence-corrected chi connectivity index (χ2v) is 9.09. The minimum absolute atomic E-state index is 0.146. The highest BCUT2D eigenvalue weighted by Crippen LogP contribution is 2.32. The molecule has 1 amide bonds. The van der Waals surface area contributed by atoms with Gasteiger partial charge in [-0.1, -0.05) is 59.1 Å². The van der Waals surface area contributed by atoms with Crippen LogP contribution in [0.15, 0.2) is 60.7 Å². The fraction of sp³-hybridized carbons (Fsp3) is 0.154. The minimum atomic E-state index is -0.409. The number of nitrogens with one attached hydrogen (secondary N) is 1. The fourth-order valence-corrected chi connectivity index (χ4v) is 4.18. The van der Waals surface area contributed by atoms with Gasteiger partial charge in [0.05, 0.1) is 28.6 Å². The Morgan fingerprint density at radius 3 is 2.51 bits per heavy atom. The van der Waals surface area contributed by atoms with Crippen molar-refractivity contribution >= 4 is 46.4 Å². The standard InChI is InChI=1S/C26H21Cl3FN3O2/c1-15-25(16(2)33(32-15)13-19-20(27)8-4-10-22(19)30)31-26(34)18-7-3-6-17(12-18)14-35-23-11-5-9-21(28)24(23)29/h3-12H,13-14H2,1-2H3,(H,31,34). The molecule has 0 radical (unpaired) electrons. The van der Waals surface area contributed by atoms with Gasteiger partial charge in [-0.15, -0.1) is 0 Å². The van der Waals surface area contributed by atoms with Crippen molar-refractivity contribution in [2.45, 2.75) is 27.0 Å². The number of ether oxygens (including phenoxy) is 1. The molecule has 0 saturated heterocycles. The number of benzene rings is 3. The van der Waals surface area contributed by atoms with E-state index in [2.05, 4.69) is 10.4 Å². The highest BCUT2D eigenvalue weighted by atomic mass is 35.5. The van der Waals surface area contributed by atoms with Crippen LogP contribution in [0, 0.1) is 19.7 Å². The summed E-state index contributed by atoms with van der Waals surface area (Å²) in [4.78, 5) is 13.0. The van der Waals surface area contributed by atoms with Crippen LogP contribution in [0.5, 0.6) is 5.75 Å². The topological polar surface area (TPSA) is 56.2 Å². The second-order valence-electron chi connectivity index (χ2n) is 7.90. The Balaban J connectivity index is 1.49. The maximum atomic E-state index is 14.2. The molecule has 0 aliphatic rings. The summed E-state index contributed by atoms with van der Waals surface area (Å²) in [6.45, 7) is 3.94. The summed E-state index contributed by atoms with van der Waals surface area (Å²) in [7, 11) is 0. The average molecular weight is 533 g/mol. The number of carbonyl (C=O) groups is 1. The van der Waals surface area contributed by atoms with Gasteiger partial charge in [0.15, 0.2) is 0 Å². The number of aryl methyl sites for hydroxylation is 1. The number of amides is 1. The van der Waals surface area contributed by atoms with Gasteiger partial charge in [0.25, 0.3) is 5.91 Å². The highest BCUT2D eigenvalue weighted by molar-refractivity contribution is 6.42. The maximum Gasteiger partial charge on any atom is 0.255 e. The molecule has 0 atom stereocenters. The lowest BCUT2D eigenvalue weighted by Gasteiger charge is -2.11. The van der Waals surface area contributed by atoms with Crippen molar-refractivity contribution in [2.75, 3.05) is 5.32 Å². The number of carbonyl (C=O) groups excluding carboxylic acids is 1. The summed E-state index contributed by atoms with van der Waals surface area (Å²) in [6.07, 6.45) is 0. The Kier molecular flexibility index (Phi) is 7.65. The van der Waals surface area contributed by atoms with E-state index in [1.807, 2.05) is 13.0 Å². The lowest BCUT2D eigenvalue weighted by Crippen LogP contribution is -2.14. The molecule has 0 spiro atoms. The molecule has 1 heterocycles. The first kappa shape index (κ1) is 25.0. The van der Waals surface area contributed by atoms with E-state index in [4.69, 9.17) is 39.5 Å². The number of rotatable bonds is 7. The SMILES string of the molecule is Cc1nn(Cc2c(F)cccc2Cl)c(C)c1NC(=O)c1cccc(COc2cccc(Cl)c2Cl)c1. The van der Waals surface area contributed by atoms with Gasteiger partial charge >= 0.3 is 0 Å². The molecule has 4 rings (SSSR count). The molecule has 3 aromatic carbocycles. The lowest BCUT2D eigenvalue weighted by atomic mass is 10.1. The van der Waals surface area contributed by atoms with Gasteiger partial charge in [0.1, 0.15) is 23.2 Å². The minimum Gasteiger partial charge on any atom is -0.487 e. The predicted octanol–water partition coefficient (Wildman–Crippen LogP) is 7.48. The van der Waals surface area contributed by atoms with Crippen molar-refractivity contribution < 1.29 is 13.9 Å². The summed E-state index contributed by atoms with van der Waals surface area (Å²) >= 11 is 18.4. The molecule has 4 aromatic rings. The van der Waals surface area contributed by atoms with E-state index in [0.717, 1.165) is 5.56 Å². The zero-order chi connectivity index (χ0) is 25.1. The molecule has 0 bridgehead atoms. The highest BCUT2D eigenvalue weighted by Gasteiger charge is 2.18. The fourth-order valence-electron chi connectivity index (χ4n) is 3.61. The molecule has 35 heavy (non-hydrogen) atoms. The third-order valence-electron chi connectivity index (χ3n) is 5.49. The largest absolute Gasteiger partial charge is 0.487 e. The molecule has 0 aliphatic heterocycles. The summed E-state index contributed by atoms with van der Waals surface area (Å²) in [5.74, 6) is -0.251. The second kappa shape index (κ2) is 10.7. The van der Waals surface area contributed by atoms with Crippen molar-refractivity contribution in [1.82, 2.24) is 9.78 Å². The quantitative estimate of drug-likeness (QED) is 0.268. The Hall–Kier alpha value is -3.06. The van der Waals surface area contributed by atoms with Crippen molar-refractivity contribution in [2.24, 2.45) is 0 Å². The van der Waals surface area contributed by atoms with Gasteiger partial charge < -0.3 is 10.1 Å². The van der Waals surface area contributed by atoms with E-state index >= 15 is 0 Å². The number of aromatic nitrogens is 2. The van der Waals surface area contributed by atoms with Gasteiger partial charge in [-0.05, 0) is 55.8 Å². The zero-order valence-electron chi connectivity index (χ0n) is 18.9. The zero-order valence-corrected chi connectivity index (χ0v) is 21.2. The van der Waals surface area contributed by atoms with E-state index in [1.165, 1.54) is 6.07 Å². The molecule has 0 aliphatic carbocycles.